The van der Waals surface area contributed by atoms with Crippen LogP contribution < -0.4 is 5.73 Å². The van der Waals surface area contributed by atoms with Crippen LogP contribution in [0, 0.1) is 33.8 Å². The molecule has 1 aromatic carbocycles. The number of nitro groups is 1. The summed E-state index contributed by atoms with van der Waals surface area (Å²) in [6, 6.07) is 4.14. The molecular weight excluding hydrogens is 442 g/mol. The highest BCUT2D eigenvalue weighted by molar-refractivity contribution is 6.00. The molecule has 2 amide bonds. The monoisotopic (exact) mass is 485 g/mol. The molecule has 194 valence electrons. The minimum Gasteiger partial charge on any atom is -0.366 e. The summed E-state index contributed by atoms with van der Waals surface area (Å²) in [6.07, 6.45) is 10.6. The van der Waals surface area contributed by atoms with Crippen LogP contribution in [0.3, 0.4) is 0 Å². The molecule has 2 atom stereocenters. The van der Waals surface area contributed by atoms with Gasteiger partial charge in [-0.3, -0.25) is 19.7 Å². The first-order chi connectivity index (χ1) is 16.7. The third-order valence-electron chi connectivity index (χ3n) is 9.06. The Kier molecular flexibility index (Phi) is 9.31. The van der Waals surface area contributed by atoms with Crippen molar-refractivity contribution in [1.29, 1.82) is 0 Å². The number of hydrogen-bond acceptors (Lipinski definition) is 4. The van der Waals surface area contributed by atoms with Gasteiger partial charge in [0.05, 0.1) is 4.92 Å². The number of primary amides is 1. The van der Waals surface area contributed by atoms with Gasteiger partial charge in [-0.25, -0.2) is 0 Å². The molecule has 0 bridgehead atoms. The number of rotatable bonds is 9. The molecule has 2 aliphatic carbocycles. The fraction of sp³-hybridized carbons (Fsp3) is 0.714. The van der Waals surface area contributed by atoms with Gasteiger partial charge < -0.3 is 10.6 Å². The first-order valence-electron chi connectivity index (χ1n) is 13.6. The number of nitrogens with two attached hydrogens (primary N) is 1. The third kappa shape index (κ3) is 6.42. The summed E-state index contributed by atoms with van der Waals surface area (Å²) in [6.45, 7) is 9.11. The molecule has 2 saturated carbocycles. The lowest BCUT2D eigenvalue weighted by molar-refractivity contribution is -0.384. The predicted octanol–water partition coefficient (Wildman–Crippen LogP) is 6.35. The molecule has 2 aliphatic rings. The Morgan fingerprint density at radius 1 is 0.886 bits per heavy atom. The lowest BCUT2D eigenvalue weighted by atomic mass is 9.75. The highest BCUT2D eigenvalue weighted by Gasteiger charge is 2.37. The minimum absolute atomic E-state index is 0.00320. The second-order valence-corrected chi connectivity index (χ2v) is 11.0. The van der Waals surface area contributed by atoms with Gasteiger partial charge in [-0.1, -0.05) is 40.5 Å². The van der Waals surface area contributed by atoms with Crippen LogP contribution in [0.4, 0.5) is 5.69 Å². The third-order valence-corrected chi connectivity index (χ3v) is 9.06. The SMILES string of the molecule is CCC(C)C1CCC(N(C(=O)c2cc(C(N)=O)cc([N+](=O)[O-])c2)C2CCC(C(C)CC)CC2)CC1. The van der Waals surface area contributed by atoms with Crippen LogP contribution in [0.1, 0.15) is 113 Å². The van der Waals surface area contributed by atoms with Crippen LogP contribution in [0.15, 0.2) is 18.2 Å². The van der Waals surface area contributed by atoms with E-state index < -0.39 is 10.8 Å². The first-order valence-corrected chi connectivity index (χ1v) is 13.6. The van der Waals surface area contributed by atoms with Crippen molar-refractivity contribution in [2.45, 2.75) is 104 Å². The lowest BCUT2D eigenvalue weighted by Gasteiger charge is -2.45. The Bertz CT molecular complexity index is 839. The molecule has 0 saturated heterocycles. The van der Waals surface area contributed by atoms with Gasteiger partial charge in [-0.15, -0.1) is 0 Å². The summed E-state index contributed by atoms with van der Waals surface area (Å²) >= 11 is 0. The van der Waals surface area contributed by atoms with Gasteiger partial charge in [0, 0.05) is 35.3 Å². The number of amides is 2. The number of carbonyl (C=O) groups is 2. The van der Waals surface area contributed by atoms with Gasteiger partial charge in [0.1, 0.15) is 0 Å². The zero-order valence-electron chi connectivity index (χ0n) is 21.9. The normalized spacial score (nSPS) is 26.5. The lowest BCUT2D eigenvalue weighted by Crippen LogP contribution is -2.50. The van der Waals surface area contributed by atoms with Gasteiger partial charge in [-0.05, 0) is 81.1 Å². The molecule has 35 heavy (non-hydrogen) atoms. The average Bonchev–Trinajstić information content (AvgIpc) is 2.88. The molecule has 7 heteroatoms. The highest BCUT2D eigenvalue weighted by atomic mass is 16.6. The predicted molar refractivity (Wildman–Crippen MR) is 138 cm³/mol. The largest absolute Gasteiger partial charge is 0.366 e. The van der Waals surface area contributed by atoms with Gasteiger partial charge >= 0.3 is 0 Å². The standard InChI is InChI=1S/C28H43N3O4/c1-5-18(3)20-7-11-24(12-8-20)30(25-13-9-21(10-14-25)19(4)6-2)28(33)23-15-22(27(29)32)16-26(17-23)31(34)35/h15-21,24-25H,5-14H2,1-4H3,(H2,29,32). The van der Waals surface area contributed by atoms with Crippen molar-refractivity contribution in [3.8, 4) is 0 Å². The molecule has 0 aromatic heterocycles. The Hall–Kier alpha value is -2.44. The summed E-state index contributed by atoms with van der Waals surface area (Å²) in [4.78, 5) is 38.8. The molecule has 2 unspecified atom stereocenters. The molecule has 2 N–H and O–H groups in total. The van der Waals surface area contributed by atoms with Crippen molar-refractivity contribution in [3.63, 3.8) is 0 Å². The Balaban J connectivity index is 1.89. The van der Waals surface area contributed by atoms with E-state index in [9.17, 15) is 19.7 Å². The van der Waals surface area contributed by atoms with E-state index in [0.29, 0.717) is 23.7 Å². The van der Waals surface area contributed by atoms with Crippen LogP contribution in [0.5, 0.6) is 0 Å². The molecule has 7 nitrogen and oxygen atoms in total. The van der Waals surface area contributed by atoms with Crippen molar-refractivity contribution in [3.05, 3.63) is 39.4 Å². The van der Waals surface area contributed by atoms with Gasteiger partial charge in [0.2, 0.25) is 5.91 Å². The molecule has 0 aliphatic heterocycles. The maximum atomic E-state index is 14.0. The van der Waals surface area contributed by atoms with Crippen LogP contribution in [0.25, 0.3) is 0 Å². The first kappa shape index (κ1) is 27.2. The molecular formula is C28H43N3O4. The van der Waals surface area contributed by atoms with Crippen molar-refractivity contribution < 1.29 is 14.5 Å². The topological polar surface area (TPSA) is 107 Å². The van der Waals surface area contributed by atoms with Crippen LogP contribution in [-0.4, -0.2) is 33.7 Å². The number of hydrogen-bond donors (Lipinski definition) is 1. The average molecular weight is 486 g/mol. The molecule has 0 spiro atoms. The maximum Gasteiger partial charge on any atom is 0.271 e. The highest BCUT2D eigenvalue weighted by Crippen LogP contribution is 2.39. The number of benzene rings is 1. The van der Waals surface area contributed by atoms with E-state index in [1.807, 2.05) is 4.90 Å². The van der Waals surface area contributed by atoms with Crippen LogP contribution >= 0.6 is 0 Å². The second-order valence-electron chi connectivity index (χ2n) is 11.0. The van der Waals surface area contributed by atoms with Crippen LogP contribution in [-0.2, 0) is 0 Å². The summed E-state index contributed by atoms with van der Waals surface area (Å²) in [7, 11) is 0. The summed E-state index contributed by atoms with van der Waals surface area (Å²) in [5, 5.41) is 11.5. The van der Waals surface area contributed by atoms with Gasteiger partial charge in [-0.2, -0.15) is 0 Å². The van der Waals surface area contributed by atoms with Gasteiger partial charge in [0.15, 0.2) is 0 Å². The zero-order valence-corrected chi connectivity index (χ0v) is 21.9. The number of carbonyl (C=O) groups excluding carboxylic acids is 2. The van der Waals surface area contributed by atoms with E-state index in [2.05, 4.69) is 27.7 Å². The fourth-order valence-electron chi connectivity index (χ4n) is 6.33. The van der Waals surface area contributed by atoms with Crippen molar-refractivity contribution in [2.24, 2.45) is 29.4 Å². The Morgan fingerprint density at radius 2 is 1.31 bits per heavy atom. The summed E-state index contributed by atoms with van der Waals surface area (Å²) in [5.41, 5.74) is 5.37. The number of nitrogens with zero attached hydrogens (tertiary/aromatic N) is 2. The fourth-order valence-corrected chi connectivity index (χ4v) is 6.33. The molecule has 3 rings (SSSR count). The molecule has 0 heterocycles. The van der Waals surface area contributed by atoms with E-state index >= 15 is 0 Å². The van der Waals surface area contributed by atoms with E-state index in [0.717, 1.165) is 57.4 Å². The zero-order chi connectivity index (χ0) is 25.7. The Morgan fingerprint density at radius 3 is 1.69 bits per heavy atom. The second kappa shape index (κ2) is 12.0. The number of non-ortho nitro benzene ring substituents is 1. The van der Waals surface area contributed by atoms with E-state index in [1.54, 1.807) is 0 Å². The molecule has 2 fully saturated rings. The summed E-state index contributed by atoms with van der Waals surface area (Å²) in [5.74, 6) is 1.77. The summed E-state index contributed by atoms with van der Waals surface area (Å²) < 4.78 is 0. The van der Waals surface area contributed by atoms with E-state index in [4.69, 9.17) is 5.73 Å². The number of nitro benzene ring substituents is 1. The molecule has 1 aromatic rings. The minimum atomic E-state index is -0.766. The van der Waals surface area contributed by atoms with Gasteiger partial charge in [0.25, 0.3) is 11.6 Å². The smallest absolute Gasteiger partial charge is 0.271 e. The van der Waals surface area contributed by atoms with Crippen molar-refractivity contribution in [2.75, 3.05) is 0 Å². The maximum absolute atomic E-state index is 14.0. The van der Waals surface area contributed by atoms with E-state index in [1.165, 1.54) is 25.0 Å². The van der Waals surface area contributed by atoms with Crippen molar-refractivity contribution in [1.82, 2.24) is 4.90 Å². The Labute approximate surface area is 210 Å². The van der Waals surface area contributed by atoms with Crippen LogP contribution in [0.2, 0.25) is 0 Å². The quantitative estimate of drug-likeness (QED) is 0.325. The van der Waals surface area contributed by atoms with Crippen molar-refractivity contribution >= 4 is 17.5 Å². The molecule has 0 radical (unpaired) electrons. The van der Waals surface area contributed by atoms with E-state index in [-0.39, 0.29) is 34.8 Å².